The molecule has 4 nitrogen and oxygen atoms in total. The molecular weight excluding hydrogens is 279 g/mol. The van der Waals surface area contributed by atoms with Gasteiger partial charge in [-0.2, -0.15) is 0 Å². The maximum Gasteiger partial charge on any atom is 0.573 e. The van der Waals surface area contributed by atoms with Gasteiger partial charge in [-0.05, 0) is 36.2 Å². The molecule has 1 heterocycles. The number of hydrogen-bond donors (Lipinski definition) is 1. The summed E-state index contributed by atoms with van der Waals surface area (Å²) < 4.78 is 44.0. The molecule has 2 rings (SSSR count). The summed E-state index contributed by atoms with van der Waals surface area (Å²) in [6.07, 6.45) is -4.72. The molecule has 2 aromatic rings. The van der Waals surface area contributed by atoms with Crippen LogP contribution in [0, 0.1) is 6.92 Å². The Morgan fingerprint density at radius 3 is 2.68 bits per heavy atom. The molecule has 0 amide bonds. The minimum atomic E-state index is -4.72. The van der Waals surface area contributed by atoms with Crippen molar-refractivity contribution in [3.05, 3.63) is 40.4 Å². The second kappa shape index (κ2) is 5.14. The smallest absolute Gasteiger partial charge is 0.406 e. The van der Waals surface area contributed by atoms with Gasteiger partial charge in [0.25, 0.3) is 0 Å². The maximum absolute atomic E-state index is 12.1. The third kappa shape index (κ3) is 3.42. The zero-order chi connectivity index (χ0) is 14.0. The monoisotopic (exact) mass is 289 g/mol. The highest BCUT2D eigenvalue weighted by atomic mass is 32.1. The highest BCUT2D eigenvalue weighted by Crippen LogP contribution is 2.29. The van der Waals surface area contributed by atoms with Crippen molar-refractivity contribution in [2.75, 3.05) is 0 Å². The number of hydrogen-bond acceptors (Lipinski definition) is 5. The summed E-state index contributed by atoms with van der Waals surface area (Å²) in [6.45, 7) is 1.74. The average molecular weight is 289 g/mol. The molecule has 0 aliphatic carbocycles. The minimum absolute atomic E-state index is 0.296. The number of nitrogens with zero attached hydrogens (tertiary/aromatic N) is 2. The molecule has 0 aliphatic rings. The highest BCUT2D eigenvalue weighted by molar-refractivity contribution is 7.05. The molecule has 19 heavy (non-hydrogen) atoms. The number of nitrogens with two attached hydrogens (primary N) is 1. The molecular formula is C11H10F3N3OS. The Kier molecular flexibility index (Phi) is 3.72. The van der Waals surface area contributed by atoms with Gasteiger partial charge in [0.05, 0.1) is 16.6 Å². The van der Waals surface area contributed by atoms with E-state index >= 15 is 0 Å². The van der Waals surface area contributed by atoms with Gasteiger partial charge in [-0.25, -0.2) is 0 Å². The number of ether oxygens (including phenoxy) is 1. The van der Waals surface area contributed by atoms with Crippen LogP contribution in [0.25, 0.3) is 0 Å². The van der Waals surface area contributed by atoms with Crippen molar-refractivity contribution in [2.45, 2.75) is 19.3 Å². The second-order valence-corrected chi connectivity index (χ2v) is 4.61. The Balaban J connectivity index is 2.26. The lowest BCUT2D eigenvalue weighted by Crippen LogP contribution is -2.18. The van der Waals surface area contributed by atoms with Crippen LogP contribution >= 0.6 is 11.5 Å². The van der Waals surface area contributed by atoms with Crippen LogP contribution in [-0.4, -0.2) is 15.9 Å². The lowest BCUT2D eigenvalue weighted by atomic mass is 10.1. The maximum atomic E-state index is 12.1. The number of rotatable bonds is 3. The van der Waals surface area contributed by atoms with Crippen LogP contribution in [-0.2, 0) is 0 Å². The van der Waals surface area contributed by atoms with Gasteiger partial charge >= 0.3 is 6.36 Å². The number of aromatic nitrogens is 2. The van der Waals surface area contributed by atoms with E-state index < -0.39 is 12.4 Å². The first-order valence-electron chi connectivity index (χ1n) is 5.27. The van der Waals surface area contributed by atoms with E-state index in [1.54, 1.807) is 13.0 Å². The summed E-state index contributed by atoms with van der Waals surface area (Å²) in [7, 11) is 0. The van der Waals surface area contributed by atoms with Gasteiger partial charge in [0.2, 0.25) is 0 Å². The van der Waals surface area contributed by atoms with E-state index in [1.807, 2.05) is 0 Å². The number of benzene rings is 1. The van der Waals surface area contributed by atoms with Gasteiger partial charge in [0.15, 0.2) is 0 Å². The molecule has 0 fully saturated rings. The van der Waals surface area contributed by atoms with Crippen LogP contribution in [0.1, 0.15) is 22.2 Å². The number of aryl methyl sites for hydroxylation is 1. The standard InChI is InChI=1S/C11H10F3N3OS/c1-6-10(19-17-16-6)9(15)7-3-2-4-8(5-7)18-11(12,13)14/h2-5,9H,15H2,1H3. The van der Waals surface area contributed by atoms with Crippen LogP contribution in [0.2, 0.25) is 0 Å². The van der Waals surface area contributed by atoms with Crippen molar-refractivity contribution in [3.8, 4) is 5.75 Å². The zero-order valence-electron chi connectivity index (χ0n) is 9.81. The summed E-state index contributed by atoms with van der Waals surface area (Å²) in [4.78, 5) is 0.712. The van der Waals surface area contributed by atoms with E-state index in [4.69, 9.17) is 5.73 Å². The fraction of sp³-hybridized carbons (Fsp3) is 0.273. The SMILES string of the molecule is Cc1nnsc1C(N)c1cccc(OC(F)(F)F)c1. The predicted molar refractivity (Wildman–Crippen MR) is 63.8 cm³/mol. The van der Waals surface area contributed by atoms with Crippen LogP contribution in [0.5, 0.6) is 5.75 Å². The van der Waals surface area contributed by atoms with Crippen molar-refractivity contribution >= 4 is 11.5 Å². The zero-order valence-corrected chi connectivity index (χ0v) is 10.6. The summed E-state index contributed by atoms with van der Waals surface area (Å²) >= 11 is 1.12. The second-order valence-electron chi connectivity index (χ2n) is 3.82. The summed E-state index contributed by atoms with van der Waals surface area (Å²) in [5.74, 6) is -0.296. The summed E-state index contributed by atoms with van der Waals surface area (Å²) in [6, 6.07) is 5.00. The van der Waals surface area contributed by atoms with E-state index in [0.717, 1.165) is 11.5 Å². The van der Waals surface area contributed by atoms with Crippen molar-refractivity contribution in [1.29, 1.82) is 0 Å². The lowest BCUT2D eigenvalue weighted by molar-refractivity contribution is -0.274. The van der Waals surface area contributed by atoms with Gasteiger partial charge in [-0.1, -0.05) is 16.6 Å². The first kappa shape index (κ1) is 13.8. The molecule has 1 atom stereocenters. The van der Waals surface area contributed by atoms with Crippen molar-refractivity contribution < 1.29 is 17.9 Å². The van der Waals surface area contributed by atoms with Crippen LogP contribution in [0.4, 0.5) is 13.2 Å². The molecule has 1 unspecified atom stereocenters. The van der Waals surface area contributed by atoms with Gasteiger partial charge in [0, 0.05) is 0 Å². The van der Waals surface area contributed by atoms with E-state index in [-0.39, 0.29) is 5.75 Å². The normalized spacial score (nSPS) is 13.3. The highest BCUT2D eigenvalue weighted by Gasteiger charge is 2.31. The molecule has 0 aliphatic heterocycles. The first-order valence-corrected chi connectivity index (χ1v) is 6.04. The third-order valence-corrected chi connectivity index (χ3v) is 3.33. The van der Waals surface area contributed by atoms with Gasteiger partial charge in [-0.3, -0.25) is 0 Å². The lowest BCUT2D eigenvalue weighted by Gasteiger charge is -2.13. The van der Waals surface area contributed by atoms with Crippen LogP contribution < -0.4 is 10.5 Å². The molecule has 102 valence electrons. The van der Waals surface area contributed by atoms with Crippen molar-refractivity contribution in [3.63, 3.8) is 0 Å². The van der Waals surface area contributed by atoms with Crippen molar-refractivity contribution in [1.82, 2.24) is 9.59 Å². The van der Waals surface area contributed by atoms with E-state index in [2.05, 4.69) is 14.3 Å². The van der Waals surface area contributed by atoms with Gasteiger partial charge in [0.1, 0.15) is 5.75 Å². The van der Waals surface area contributed by atoms with E-state index in [0.29, 0.717) is 16.1 Å². The molecule has 0 spiro atoms. The molecule has 2 N–H and O–H groups in total. The summed E-state index contributed by atoms with van der Waals surface area (Å²) in [5.41, 5.74) is 7.16. The topological polar surface area (TPSA) is 61.0 Å². The molecule has 1 aromatic carbocycles. The fourth-order valence-corrected chi connectivity index (χ4v) is 2.25. The first-order chi connectivity index (χ1) is 8.87. The predicted octanol–water partition coefficient (Wildman–Crippen LogP) is 2.79. The van der Waals surface area contributed by atoms with Crippen molar-refractivity contribution in [2.24, 2.45) is 5.73 Å². The Labute approximate surface area is 111 Å². The van der Waals surface area contributed by atoms with E-state index in [9.17, 15) is 13.2 Å². The number of halogens is 3. The Morgan fingerprint density at radius 2 is 2.11 bits per heavy atom. The van der Waals surface area contributed by atoms with E-state index in [1.165, 1.54) is 18.2 Å². The fourth-order valence-electron chi connectivity index (χ4n) is 1.58. The van der Waals surface area contributed by atoms with Crippen LogP contribution in [0.3, 0.4) is 0 Å². The molecule has 0 radical (unpaired) electrons. The molecule has 0 saturated heterocycles. The largest absolute Gasteiger partial charge is 0.573 e. The third-order valence-electron chi connectivity index (χ3n) is 2.42. The molecule has 0 saturated carbocycles. The average Bonchev–Trinajstić information content (AvgIpc) is 2.72. The van der Waals surface area contributed by atoms with Gasteiger partial charge < -0.3 is 10.5 Å². The summed E-state index contributed by atoms with van der Waals surface area (Å²) in [5, 5.41) is 3.82. The minimum Gasteiger partial charge on any atom is -0.406 e. The van der Waals surface area contributed by atoms with Gasteiger partial charge in [-0.15, -0.1) is 18.3 Å². The Bertz CT molecular complexity index is 570. The van der Waals surface area contributed by atoms with Crippen LogP contribution in [0.15, 0.2) is 24.3 Å². The Morgan fingerprint density at radius 1 is 1.37 bits per heavy atom. The molecule has 8 heteroatoms. The molecule has 0 bridgehead atoms. The quantitative estimate of drug-likeness (QED) is 0.943. The number of alkyl halides is 3. The Hall–Kier alpha value is -1.67. The molecule has 1 aromatic heterocycles.